The maximum atomic E-state index is 13.0. The van der Waals surface area contributed by atoms with Crippen LogP contribution in [0.5, 0.6) is 0 Å². The fourth-order valence-corrected chi connectivity index (χ4v) is 1.81. The standard InChI is InChI=1S/C14H22FN/c1-4-12(5-2)10-16-11(3)13-7-6-8-14(15)9-13/h6-9,11-12,16H,4-5,10H2,1-3H3/t11-/m1/s1. The van der Waals surface area contributed by atoms with Crippen LogP contribution in [0, 0.1) is 11.7 Å². The minimum Gasteiger partial charge on any atom is -0.310 e. The van der Waals surface area contributed by atoms with Gasteiger partial charge in [-0.25, -0.2) is 4.39 Å². The molecule has 0 radical (unpaired) electrons. The molecule has 1 atom stereocenters. The van der Waals surface area contributed by atoms with E-state index in [2.05, 4.69) is 26.1 Å². The van der Waals surface area contributed by atoms with Gasteiger partial charge in [0.1, 0.15) is 5.82 Å². The van der Waals surface area contributed by atoms with Crippen LogP contribution in [0.2, 0.25) is 0 Å². The van der Waals surface area contributed by atoms with Crippen LogP contribution in [0.25, 0.3) is 0 Å². The van der Waals surface area contributed by atoms with Crippen molar-refractivity contribution in [2.45, 2.75) is 39.7 Å². The Bertz CT molecular complexity index is 307. The number of hydrogen-bond acceptors (Lipinski definition) is 1. The second-order valence-electron chi connectivity index (χ2n) is 4.37. The first-order valence-corrected chi connectivity index (χ1v) is 6.16. The van der Waals surface area contributed by atoms with Crippen molar-refractivity contribution in [3.8, 4) is 0 Å². The van der Waals surface area contributed by atoms with Crippen molar-refractivity contribution in [2.24, 2.45) is 5.92 Å². The molecule has 1 aromatic carbocycles. The van der Waals surface area contributed by atoms with Gasteiger partial charge in [-0.2, -0.15) is 0 Å². The molecular formula is C14H22FN. The molecule has 0 spiro atoms. The lowest BCUT2D eigenvalue weighted by Gasteiger charge is -2.18. The second-order valence-corrected chi connectivity index (χ2v) is 4.37. The molecule has 0 bridgehead atoms. The van der Waals surface area contributed by atoms with Crippen LogP contribution >= 0.6 is 0 Å². The van der Waals surface area contributed by atoms with Gasteiger partial charge in [0.25, 0.3) is 0 Å². The van der Waals surface area contributed by atoms with Gasteiger partial charge in [-0.05, 0) is 37.1 Å². The maximum absolute atomic E-state index is 13.0. The fraction of sp³-hybridized carbons (Fsp3) is 0.571. The quantitative estimate of drug-likeness (QED) is 0.771. The van der Waals surface area contributed by atoms with Crippen LogP contribution in [0.3, 0.4) is 0 Å². The first kappa shape index (κ1) is 13.2. The van der Waals surface area contributed by atoms with Gasteiger partial charge < -0.3 is 5.32 Å². The van der Waals surface area contributed by atoms with Crippen LogP contribution in [0.15, 0.2) is 24.3 Å². The minimum absolute atomic E-state index is 0.159. The smallest absolute Gasteiger partial charge is 0.123 e. The molecule has 0 aromatic heterocycles. The Morgan fingerprint density at radius 1 is 1.25 bits per heavy atom. The summed E-state index contributed by atoms with van der Waals surface area (Å²) in [7, 11) is 0. The molecule has 0 aliphatic heterocycles. The van der Waals surface area contributed by atoms with Gasteiger partial charge in [-0.1, -0.05) is 38.8 Å². The average Bonchev–Trinajstić information content (AvgIpc) is 2.30. The molecule has 0 aliphatic rings. The average molecular weight is 223 g/mol. The van der Waals surface area contributed by atoms with Gasteiger partial charge in [0.2, 0.25) is 0 Å². The monoisotopic (exact) mass is 223 g/mol. The van der Waals surface area contributed by atoms with Crippen molar-refractivity contribution >= 4 is 0 Å². The Labute approximate surface area is 98.1 Å². The predicted octanol–water partition coefficient (Wildman–Crippen LogP) is 3.91. The molecule has 2 heteroatoms. The molecule has 1 N–H and O–H groups in total. The SMILES string of the molecule is CCC(CC)CN[C@H](C)c1cccc(F)c1. The Hall–Kier alpha value is -0.890. The number of nitrogens with one attached hydrogen (secondary N) is 1. The maximum Gasteiger partial charge on any atom is 0.123 e. The zero-order valence-electron chi connectivity index (χ0n) is 10.5. The highest BCUT2D eigenvalue weighted by Crippen LogP contribution is 2.15. The summed E-state index contributed by atoms with van der Waals surface area (Å²) in [5.41, 5.74) is 1.02. The molecule has 0 amide bonds. The summed E-state index contributed by atoms with van der Waals surface area (Å²) in [5, 5.41) is 3.46. The Balaban J connectivity index is 2.49. The first-order chi connectivity index (χ1) is 7.67. The Morgan fingerprint density at radius 3 is 2.50 bits per heavy atom. The van der Waals surface area contributed by atoms with Crippen LogP contribution in [0.4, 0.5) is 4.39 Å². The third-order valence-electron chi connectivity index (χ3n) is 3.22. The molecular weight excluding hydrogens is 201 g/mol. The molecule has 1 aromatic rings. The lowest BCUT2D eigenvalue weighted by molar-refractivity contribution is 0.422. The van der Waals surface area contributed by atoms with Crippen molar-refractivity contribution in [1.82, 2.24) is 5.32 Å². The summed E-state index contributed by atoms with van der Waals surface area (Å²) < 4.78 is 13.0. The van der Waals surface area contributed by atoms with Gasteiger partial charge in [-0.3, -0.25) is 0 Å². The fourth-order valence-electron chi connectivity index (χ4n) is 1.81. The van der Waals surface area contributed by atoms with Crippen molar-refractivity contribution in [2.75, 3.05) is 6.54 Å². The first-order valence-electron chi connectivity index (χ1n) is 6.16. The Morgan fingerprint density at radius 2 is 1.94 bits per heavy atom. The topological polar surface area (TPSA) is 12.0 Å². The van der Waals surface area contributed by atoms with E-state index in [9.17, 15) is 4.39 Å². The summed E-state index contributed by atoms with van der Waals surface area (Å²) in [4.78, 5) is 0. The highest BCUT2D eigenvalue weighted by atomic mass is 19.1. The van der Waals surface area contributed by atoms with E-state index in [4.69, 9.17) is 0 Å². The third kappa shape index (κ3) is 3.93. The lowest BCUT2D eigenvalue weighted by Crippen LogP contribution is -2.25. The largest absolute Gasteiger partial charge is 0.310 e. The van der Waals surface area contributed by atoms with Crippen molar-refractivity contribution in [3.05, 3.63) is 35.6 Å². The van der Waals surface area contributed by atoms with Gasteiger partial charge >= 0.3 is 0 Å². The molecule has 1 rings (SSSR count). The van der Waals surface area contributed by atoms with E-state index in [-0.39, 0.29) is 11.9 Å². The van der Waals surface area contributed by atoms with Gasteiger partial charge in [0.05, 0.1) is 0 Å². The van der Waals surface area contributed by atoms with E-state index in [1.54, 1.807) is 12.1 Å². The highest BCUT2D eigenvalue weighted by Gasteiger charge is 2.08. The summed E-state index contributed by atoms with van der Waals surface area (Å²) >= 11 is 0. The zero-order chi connectivity index (χ0) is 12.0. The number of halogens is 1. The summed E-state index contributed by atoms with van der Waals surface area (Å²) in [6.07, 6.45) is 2.39. The summed E-state index contributed by atoms with van der Waals surface area (Å²) in [6, 6.07) is 7.03. The van der Waals surface area contributed by atoms with Crippen molar-refractivity contribution in [1.29, 1.82) is 0 Å². The van der Waals surface area contributed by atoms with E-state index in [1.807, 2.05) is 6.07 Å². The zero-order valence-corrected chi connectivity index (χ0v) is 10.5. The molecule has 0 saturated heterocycles. The van der Waals surface area contributed by atoms with Gasteiger partial charge in [0.15, 0.2) is 0 Å². The van der Waals surface area contributed by atoms with Gasteiger partial charge in [-0.15, -0.1) is 0 Å². The molecule has 1 nitrogen and oxygen atoms in total. The van der Waals surface area contributed by atoms with E-state index in [1.165, 1.54) is 18.9 Å². The molecule has 0 saturated carbocycles. The molecule has 0 fully saturated rings. The van der Waals surface area contributed by atoms with E-state index in [0.29, 0.717) is 0 Å². The molecule has 0 aliphatic carbocycles. The third-order valence-corrected chi connectivity index (χ3v) is 3.22. The number of benzene rings is 1. The summed E-state index contributed by atoms with van der Waals surface area (Å²) in [5.74, 6) is 0.560. The second kappa shape index (κ2) is 6.64. The number of rotatable bonds is 6. The van der Waals surface area contributed by atoms with E-state index < -0.39 is 0 Å². The van der Waals surface area contributed by atoms with E-state index >= 15 is 0 Å². The molecule has 0 unspecified atom stereocenters. The Kier molecular flexibility index (Phi) is 5.47. The van der Waals surface area contributed by atoms with Crippen molar-refractivity contribution < 1.29 is 4.39 Å². The number of hydrogen-bond donors (Lipinski definition) is 1. The van der Waals surface area contributed by atoms with Crippen LogP contribution in [-0.2, 0) is 0 Å². The van der Waals surface area contributed by atoms with Crippen LogP contribution < -0.4 is 5.32 Å². The predicted molar refractivity (Wildman–Crippen MR) is 66.9 cm³/mol. The molecule has 0 heterocycles. The molecule has 90 valence electrons. The summed E-state index contributed by atoms with van der Waals surface area (Å²) in [6.45, 7) is 7.51. The lowest BCUT2D eigenvalue weighted by atomic mass is 10.0. The van der Waals surface area contributed by atoms with E-state index in [0.717, 1.165) is 18.0 Å². The van der Waals surface area contributed by atoms with Crippen LogP contribution in [0.1, 0.15) is 45.2 Å². The minimum atomic E-state index is -0.159. The highest BCUT2D eigenvalue weighted by molar-refractivity contribution is 5.19. The van der Waals surface area contributed by atoms with Crippen LogP contribution in [-0.4, -0.2) is 6.54 Å². The normalized spacial score (nSPS) is 13.1. The molecule has 16 heavy (non-hydrogen) atoms. The van der Waals surface area contributed by atoms with Gasteiger partial charge in [0, 0.05) is 6.04 Å². The van der Waals surface area contributed by atoms with Crippen molar-refractivity contribution in [3.63, 3.8) is 0 Å².